The first kappa shape index (κ1) is 22.8. The fraction of sp³-hybridized carbons (Fsp3) is 0.588. The zero-order chi connectivity index (χ0) is 21.8. The molecule has 1 aromatic heterocycles. The molecule has 162 valence electrons. The quantitative estimate of drug-likeness (QED) is 0.513. The molecule has 2 heterocycles. The normalized spacial score (nSPS) is 21.9. The van der Waals surface area contributed by atoms with Gasteiger partial charge in [-0.1, -0.05) is 12.2 Å². The molecule has 0 radical (unpaired) electrons. The third kappa shape index (κ3) is 6.02. The van der Waals surface area contributed by atoms with Gasteiger partial charge in [0.25, 0.3) is 5.56 Å². The van der Waals surface area contributed by atoms with Crippen molar-refractivity contribution in [2.45, 2.75) is 44.4 Å². The molecule has 1 aromatic rings. The zero-order valence-electron chi connectivity index (χ0n) is 15.6. The minimum atomic E-state index is -4.94. The van der Waals surface area contributed by atoms with Gasteiger partial charge in [-0.2, -0.15) is 13.2 Å². The van der Waals surface area contributed by atoms with Gasteiger partial charge in [0.15, 0.2) is 0 Å². The van der Waals surface area contributed by atoms with E-state index in [0.29, 0.717) is 11.1 Å². The molecule has 2 rings (SSSR count). The molecule has 29 heavy (non-hydrogen) atoms. The predicted molar refractivity (Wildman–Crippen MR) is 94.2 cm³/mol. The number of carbonyl (C=O) groups excluding carboxylic acids is 1. The van der Waals surface area contributed by atoms with Crippen LogP contribution in [0.2, 0.25) is 0 Å². The largest absolute Gasteiger partial charge is 0.471 e. The lowest BCUT2D eigenvalue weighted by atomic mass is 10.1. The van der Waals surface area contributed by atoms with Crippen LogP contribution in [0.4, 0.5) is 13.2 Å². The van der Waals surface area contributed by atoms with Gasteiger partial charge in [0.2, 0.25) is 0 Å². The van der Waals surface area contributed by atoms with Crippen LogP contribution in [0.15, 0.2) is 27.9 Å². The molecule has 0 spiro atoms. The lowest BCUT2D eigenvalue weighted by molar-refractivity contribution is -0.173. The van der Waals surface area contributed by atoms with Gasteiger partial charge in [-0.15, -0.1) is 0 Å². The highest BCUT2D eigenvalue weighted by atomic mass is 19.4. The van der Waals surface area contributed by atoms with Crippen LogP contribution in [0, 0.1) is 6.92 Å². The average molecular weight is 421 g/mol. The molecule has 9 nitrogen and oxygen atoms in total. The molecule has 12 heteroatoms. The van der Waals surface area contributed by atoms with Crippen molar-refractivity contribution in [1.29, 1.82) is 0 Å². The molecule has 1 aliphatic rings. The topological polar surface area (TPSA) is 123 Å². The molecule has 3 N–H and O–H groups in total. The van der Waals surface area contributed by atoms with Gasteiger partial charge in [-0.25, -0.2) is 4.79 Å². The van der Waals surface area contributed by atoms with Crippen LogP contribution in [0.3, 0.4) is 0 Å². The number of carbonyl (C=O) groups is 1. The lowest BCUT2D eigenvalue weighted by Crippen LogP contribution is -2.37. The number of aromatic amines is 1. The number of H-pyrrole nitrogens is 1. The molecule has 0 saturated carbocycles. The molecule has 1 amide bonds. The first-order valence-electron chi connectivity index (χ1n) is 8.74. The van der Waals surface area contributed by atoms with Crippen LogP contribution in [-0.4, -0.2) is 58.7 Å². The molecule has 0 aliphatic carbocycles. The molecule has 0 unspecified atom stereocenters. The van der Waals surface area contributed by atoms with Gasteiger partial charge >= 0.3 is 17.8 Å². The van der Waals surface area contributed by atoms with Crippen LogP contribution in [0.25, 0.3) is 0 Å². The first-order valence-corrected chi connectivity index (χ1v) is 8.74. The maximum absolute atomic E-state index is 12.1. The first-order chi connectivity index (χ1) is 13.5. The van der Waals surface area contributed by atoms with Crippen molar-refractivity contribution in [2.75, 3.05) is 19.8 Å². The molecule has 0 bridgehead atoms. The standard InChI is InChI=1S/C17H22F3N3O6/c1-9(3-4-21-15(26)17(18,19)20)8-28-11-5-13(29-12(11)7-24)23-6-10(2)14(25)22-16(23)27/h6,11-13,24H,1,3-5,7-8H2,2H3,(H,21,26)(H,22,25,27)/t11-,12-,13-/m1/s1. The molecule has 1 fully saturated rings. The number of nitrogens with one attached hydrogen (secondary N) is 2. The van der Waals surface area contributed by atoms with Gasteiger partial charge in [0, 0.05) is 24.7 Å². The van der Waals surface area contributed by atoms with E-state index in [-0.39, 0.29) is 32.6 Å². The fourth-order valence-electron chi connectivity index (χ4n) is 2.76. The van der Waals surface area contributed by atoms with E-state index in [1.807, 2.05) is 0 Å². The van der Waals surface area contributed by atoms with Crippen molar-refractivity contribution in [3.63, 3.8) is 0 Å². The van der Waals surface area contributed by atoms with Gasteiger partial charge < -0.3 is 19.9 Å². The number of halogens is 3. The SMILES string of the molecule is C=C(CCNC(=O)C(F)(F)F)CO[C@@H]1C[C@H](n2cc(C)c(=O)[nH]c2=O)O[C@@H]1CO. The number of hydrogen-bond acceptors (Lipinski definition) is 6. The van der Waals surface area contributed by atoms with E-state index in [4.69, 9.17) is 9.47 Å². The number of rotatable bonds is 8. The monoisotopic (exact) mass is 421 g/mol. The molecule has 1 saturated heterocycles. The predicted octanol–water partition coefficient (Wildman–Crippen LogP) is 0.135. The van der Waals surface area contributed by atoms with Crippen molar-refractivity contribution in [3.8, 4) is 0 Å². The molecule has 3 atom stereocenters. The summed E-state index contributed by atoms with van der Waals surface area (Å²) in [5, 5.41) is 11.2. The van der Waals surface area contributed by atoms with Crippen LogP contribution in [0.1, 0.15) is 24.6 Å². The Balaban J connectivity index is 1.88. The number of ether oxygens (including phenoxy) is 2. The Hall–Kier alpha value is -2.44. The second-order valence-electron chi connectivity index (χ2n) is 6.63. The number of amides is 1. The number of aryl methyl sites for hydroxylation is 1. The average Bonchev–Trinajstić information content (AvgIpc) is 3.05. The number of nitrogens with zero attached hydrogens (tertiary/aromatic N) is 1. The second kappa shape index (κ2) is 9.37. The van der Waals surface area contributed by atoms with Crippen LogP contribution < -0.4 is 16.6 Å². The Morgan fingerprint density at radius 3 is 2.79 bits per heavy atom. The highest BCUT2D eigenvalue weighted by Crippen LogP contribution is 2.30. The minimum Gasteiger partial charge on any atom is -0.394 e. The Morgan fingerprint density at radius 2 is 2.17 bits per heavy atom. The minimum absolute atomic E-state index is 0.0291. The summed E-state index contributed by atoms with van der Waals surface area (Å²) < 4.78 is 48.8. The summed E-state index contributed by atoms with van der Waals surface area (Å²) in [5.74, 6) is -2.03. The summed E-state index contributed by atoms with van der Waals surface area (Å²) in [6, 6.07) is 0. The summed E-state index contributed by atoms with van der Waals surface area (Å²) in [6.07, 6.45) is -5.43. The van der Waals surface area contributed by atoms with Gasteiger partial charge in [-0.3, -0.25) is 19.1 Å². The zero-order valence-corrected chi connectivity index (χ0v) is 15.6. The molecule has 1 aliphatic heterocycles. The lowest BCUT2D eigenvalue weighted by Gasteiger charge is -2.17. The second-order valence-corrected chi connectivity index (χ2v) is 6.63. The number of aliphatic hydroxyl groups excluding tert-OH is 1. The van der Waals surface area contributed by atoms with Crippen LogP contribution in [0.5, 0.6) is 0 Å². The number of aliphatic hydroxyl groups is 1. The van der Waals surface area contributed by atoms with E-state index in [0.717, 1.165) is 0 Å². The Morgan fingerprint density at radius 1 is 1.48 bits per heavy atom. The van der Waals surface area contributed by atoms with E-state index in [1.54, 1.807) is 5.32 Å². The highest BCUT2D eigenvalue weighted by Gasteiger charge is 2.38. The summed E-state index contributed by atoms with van der Waals surface area (Å²) in [5.41, 5.74) is -0.422. The third-order valence-electron chi connectivity index (χ3n) is 4.34. The van der Waals surface area contributed by atoms with Crippen molar-refractivity contribution in [3.05, 3.63) is 44.8 Å². The van der Waals surface area contributed by atoms with Crippen molar-refractivity contribution in [2.24, 2.45) is 0 Å². The van der Waals surface area contributed by atoms with Crippen molar-refractivity contribution in [1.82, 2.24) is 14.9 Å². The number of aromatic nitrogens is 2. The van der Waals surface area contributed by atoms with Crippen molar-refractivity contribution < 1.29 is 32.5 Å². The van der Waals surface area contributed by atoms with Crippen LogP contribution in [-0.2, 0) is 14.3 Å². The van der Waals surface area contributed by atoms with Crippen LogP contribution >= 0.6 is 0 Å². The number of hydrogen-bond donors (Lipinski definition) is 3. The summed E-state index contributed by atoms with van der Waals surface area (Å²) in [7, 11) is 0. The van der Waals surface area contributed by atoms with E-state index >= 15 is 0 Å². The summed E-state index contributed by atoms with van der Waals surface area (Å²) in [6.45, 7) is 4.55. The van der Waals surface area contributed by atoms with E-state index < -0.39 is 41.8 Å². The molecular weight excluding hydrogens is 399 g/mol. The maximum atomic E-state index is 12.1. The number of alkyl halides is 3. The molecule has 0 aromatic carbocycles. The van der Waals surface area contributed by atoms with E-state index in [1.165, 1.54) is 17.7 Å². The van der Waals surface area contributed by atoms with Gasteiger partial charge in [-0.05, 0) is 13.3 Å². The summed E-state index contributed by atoms with van der Waals surface area (Å²) in [4.78, 5) is 36.4. The van der Waals surface area contributed by atoms with E-state index in [2.05, 4.69) is 11.6 Å². The Bertz CT molecular complexity index is 863. The van der Waals surface area contributed by atoms with E-state index in [9.17, 15) is 32.7 Å². The van der Waals surface area contributed by atoms with Crippen molar-refractivity contribution >= 4 is 5.91 Å². The summed E-state index contributed by atoms with van der Waals surface area (Å²) >= 11 is 0. The maximum Gasteiger partial charge on any atom is 0.471 e. The smallest absolute Gasteiger partial charge is 0.394 e. The third-order valence-corrected chi connectivity index (χ3v) is 4.34. The fourth-order valence-corrected chi connectivity index (χ4v) is 2.76. The molecular formula is C17H22F3N3O6. The Kier molecular flexibility index (Phi) is 7.38. The highest BCUT2D eigenvalue weighted by molar-refractivity contribution is 5.81. The van der Waals surface area contributed by atoms with Gasteiger partial charge in [0.1, 0.15) is 12.3 Å². The van der Waals surface area contributed by atoms with Gasteiger partial charge in [0.05, 0.1) is 19.3 Å². The Labute approximate surface area is 163 Å².